The second-order valence-corrected chi connectivity index (χ2v) is 17.5. The highest BCUT2D eigenvalue weighted by Crippen LogP contribution is 2.49. The molecule has 1 heterocycles. The van der Waals surface area contributed by atoms with E-state index < -0.39 is 0 Å². The van der Waals surface area contributed by atoms with Crippen molar-refractivity contribution in [2.24, 2.45) is 0 Å². The topological polar surface area (TPSA) is 53.4 Å². The van der Waals surface area contributed by atoms with Gasteiger partial charge in [0, 0.05) is 27.8 Å². The molecule has 0 aliphatic rings. The molecular formula is C51H65NO2. The van der Waals surface area contributed by atoms with Crippen molar-refractivity contribution in [1.82, 2.24) is 4.98 Å². The largest absolute Gasteiger partial charge is 0.507 e. The molecule has 0 saturated carbocycles. The van der Waals surface area contributed by atoms with E-state index in [2.05, 4.69) is 162 Å². The van der Waals surface area contributed by atoms with E-state index in [-0.39, 0.29) is 21.7 Å². The molecule has 0 amide bonds. The van der Waals surface area contributed by atoms with E-state index in [9.17, 15) is 10.2 Å². The molecule has 1 aromatic heterocycles. The number of aromatic nitrogens is 1. The Morgan fingerprint density at radius 1 is 0.426 bits per heavy atom. The molecule has 286 valence electrons. The maximum absolute atomic E-state index is 12.2. The van der Waals surface area contributed by atoms with Crippen LogP contribution in [0, 0.1) is 0 Å². The van der Waals surface area contributed by atoms with E-state index in [1.165, 1.54) is 16.7 Å². The van der Waals surface area contributed by atoms with Crippen molar-refractivity contribution in [3.05, 3.63) is 113 Å². The third-order valence-electron chi connectivity index (χ3n) is 12.9. The SMILES string of the molecule is CCC(CC)(CC)c1cc(O)c(-c2ccccc2-c2cccc(-c3ccccc3-c3cc(C(C)(C)C)cc(C(CC)(CC)CC)c3O)n2)cc1C(C)(C)C. The maximum Gasteiger partial charge on any atom is 0.127 e. The Morgan fingerprint density at radius 2 is 0.870 bits per heavy atom. The molecule has 5 rings (SSSR count). The van der Waals surface area contributed by atoms with Crippen molar-refractivity contribution in [1.29, 1.82) is 0 Å². The summed E-state index contributed by atoms with van der Waals surface area (Å²) in [5, 5.41) is 24.1. The summed E-state index contributed by atoms with van der Waals surface area (Å²) < 4.78 is 0. The van der Waals surface area contributed by atoms with Gasteiger partial charge in [-0.05, 0) is 118 Å². The van der Waals surface area contributed by atoms with Gasteiger partial charge in [0.2, 0.25) is 0 Å². The zero-order valence-electron chi connectivity index (χ0n) is 35.2. The first-order valence-electron chi connectivity index (χ1n) is 20.5. The summed E-state index contributed by atoms with van der Waals surface area (Å²) in [5.74, 6) is 0.674. The van der Waals surface area contributed by atoms with Gasteiger partial charge in [-0.15, -0.1) is 0 Å². The molecule has 4 aromatic carbocycles. The molecule has 0 fully saturated rings. The fourth-order valence-electron chi connectivity index (χ4n) is 8.80. The van der Waals surface area contributed by atoms with Crippen LogP contribution in [0.15, 0.2) is 91.0 Å². The minimum atomic E-state index is -0.112. The molecule has 0 aliphatic carbocycles. The number of phenols is 2. The smallest absolute Gasteiger partial charge is 0.127 e. The predicted molar refractivity (Wildman–Crippen MR) is 232 cm³/mol. The van der Waals surface area contributed by atoms with E-state index in [4.69, 9.17) is 4.98 Å². The molecule has 3 nitrogen and oxygen atoms in total. The number of hydrogen-bond acceptors (Lipinski definition) is 3. The van der Waals surface area contributed by atoms with E-state index in [1.54, 1.807) is 0 Å². The third kappa shape index (κ3) is 7.48. The van der Waals surface area contributed by atoms with Crippen LogP contribution in [-0.4, -0.2) is 15.2 Å². The fraction of sp³-hybridized carbons (Fsp3) is 0.431. The van der Waals surface area contributed by atoms with E-state index >= 15 is 0 Å². The van der Waals surface area contributed by atoms with Gasteiger partial charge in [0.05, 0.1) is 11.4 Å². The van der Waals surface area contributed by atoms with Crippen molar-refractivity contribution in [2.75, 3.05) is 0 Å². The highest BCUT2D eigenvalue weighted by Gasteiger charge is 2.35. The number of phenolic OH excluding ortho intramolecular Hbond substituents is 2. The van der Waals surface area contributed by atoms with Gasteiger partial charge in [-0.3, -0.25) is 0 Å². The van der Waals surface area contributed by atoms with Gasteiger partial charge in [-0.1, -0.05) is 144 Å². The van der Waals surface area contributed by atoms with Crippen LogP contribution in [0.1, 0.15) is 144 Å². The summed E-state index contributed by atoms with van der Waals surface area (Å²) in [7, 11) is 0. The Balaban J connectivity index is 1.72. The van der Waals surface area contributed by atoms with Gasteiger partial charge in [-0.2, -0.15) is 0 Å². The second-order valence-electron chi connectivity index (χ2n) is 17.5. The van der Waals surface area contributed by atoms with Gasteiger partial charge < -0.3 is 10.2 Å². The van der Waals surface area contributed by atoms with Gasteiger partial charge >= 0.3 is 0 Å². The number of hydrogen-bond donors (Lipinski definition) is 2. The molecule has 0 spiro atoms. The number of pyridine rings is 1. The van der Waals surface area contributed by atoms with Crippen LogP contribution >= 0.6 is 0 Å². The van der Waals surface area contributed by atoms with Gasteiger partial charge in [0.15, 0.2) is 0 Å². The molecule has 5 aromatic rings. The molecule has 0 atom stereocenters. The minimum Gasteiger partial charge on any atom is -0.507 e. The highest BCUT2D eigenvalue weighted by molar-refractivity contribution is 5.89. The first kappa shape index (κ1) is 40.8. The fourth-order valence-corrected chi connectivity index (χ4v) is 8.80. The molecule has 0 unspecified atom stereocenters. The lowest BCUT2D eigenvalue weighted by molar-refractivity contribution is 0.357. The average molecular weight is 724 g/mol. The van der Waals surface area contributed by atoms with Crippen LogP contribution in [0.3, 0.4) is 0 Å². The number of benzene rings is 4. The average Bonchev–Trinajstić information content (AvgIpc) is 3.16. The Hall–Kier alpha value is -4.37. The monoisotopic (exact) mass is 724 g/mol. The van der Waals surface area contributed by atoms with Crippen LogP contribution in [0.4, 0.5) is 0 Å². The third-order valence-corrected chi connectivity index (χ3v) is 12.9. The molecule has 0 bridgehead atoms. The van der Waals surface area contributed by atoms with Crippen LogP contribution in [0.5, 0.6) is 11.5 Å². The maximum atomic E-state index is 12.2. The lowest BCUT2D eigenvalue weighted by Crippen LogP contribution is -2.28. The predicted octanol–water partition coefficient (Wildman–Crippen LogP) is 14.7. The second kappa shape index (κ2) is 15.8. The molecule has 2 N–H and O–H groups in total. The first-order chi connectivity index (χ1) is 25.5. The van der Waals surface area contributed by atoms with Gasteiger partial charge in [0.1, 0.15) is 11.5 Å². The summed E-state index contributed by atoms with van der Waals surface area (Å²) in [6.07, 6.45) is 5.93. The number of rotatable bonds is 12. The molecule has 0 radical (unpaired) electrons. The Morgan fingerprint density at radius 3 is 1.31 bits per heavy atom. The zero-order valence-corrected chi connectivity index (χ0v) is 35.2. The number of nitrogens with zero attached hydrogens (tertiary/aromatic N) is 1. The minimum absolute atomic E-state index is 0.00807. The summed E-state index contributed by atoms with van der Waals surface area (Å²) >= 11 is 0. The Bertz CT molecular complexity index is 2070. The van der Waals surface area contributed by atoms with E-state index in [1.807, 2.05) is 12.1 Å². The molecule has 0 aliphatic heterocycles. The first-order valence-corrected chi connectivity index (χ1v) is 20.5. The summed E-state index contributed by atoms with van der Waals surface area (Å²) in [6.45, 7) is 27.1. The van der Waals surface area contributed by atoms with Crippen molar-refractivity contribution in [3.63, 3.8) is 0 Å². The molecular weight excluding hydrogens is 659 g/mol. The van der Waals surface area contributed by atoms with Crippen LogP contribution in [0.25, 0.3) is 44.8 Å². The van der Waals surface area contributed by atoms with Gasteiger partial charge in [0.25, 0.3) is 0 Å². The normalized spacial score (nSPS) is 12.7. The van der Waals surface area contributed by atoms with Crippen molar-refractivity contribution >= 4 is 0 Å². The Kier molecular flexibility index (Phi) is 11.9. The zero-order chi connectivity index (χ0) is 39.6. The Labute approximate surface area is 326 Å². The lowest BCUT2D eigenvalue weighted by atomic mass is 9.67. The van der Waals surface area contributed by atoms with Crippen molar-refractivity contribution in [3.8, 4) is 56.3 Å². The number of aromatic hydroxyl groups is 2. The van der Waals surface area contributed by atoms with Crippen molar-refractivity contribution in [2.45, 2.75) is 143 Å². The summed E-state index contributed by atoms with van der Waals surface area (Å²) in [4.78, 5) is 5.34. The standard InChI is InChI=1S/C51H65NO2/c1-13-50(14-2,15-3)42-33-46(53)39(32-41(42)49(10,11)12)35-24-19-21-26-37(35)44-28-23-29-45(52-44)38-27-22-20-25-36(38)40-30-34(48(7,8)9)31-43(47(40)54)51(16-4,17-5)18-6/h19-33,53-54H,13-18H2,1-12H3. The highest BCUT2D eigenvalue weighted by atomic mass is 16.3. The van der Waals surface area contributed by atoms with E-state index in [0.717, 1.165) is 88.9 Å². The lowest BCUT2D eigenvalue weighted by Gasteiger charge is -2.37. The van der Waals surface area contributed by atoms with Gasteiger partial charge in [-0.25, -0.2) is 4.98 Å². The molecule has 3 heteroatoms. The molecule has 54 heavy (non-hydrogen) atoms. The van der Waals surface area contributed by atoms with Crippen LogP contribution in [0.2, 0.25) is 0 Å². The van der Waals surface area contributed by atoms with E-state index in [0.29, 0.717) is 11.5 Å². The molecule has 0 saturated heterocycles. The van der Waals surface area contributed by atoms with Crippen molar-refractivity contribution < 1.29 is 10.2 Å². The summed E-state index contributed by atoms with van der Waals surface area (Å²) in [5.41, 5.74) is 11.7. The van der Waals surface area contributed by atoms with Crippen LogP contribution in [-0.2, 0) is 21.7 Å². The van der Waals surface area contributed by atoms with Crippen LogP contribution < -0.4 is 0 Å². The summed E-state index contributed by atoms with van der Waals surface area (Å²) in [6, 6.07) is 31.6. The quantitative estimate of drug-likeness (QED) is 0.135.